The number of ether oxygens (including phenoxy) is 3. The molecule has 1 amide bonds. The molecular weight excluding hydrogens is 569 g/mol. The highest BCUT2D eigenvalue weighted by molar-refractivity contribution is 5.91. The Balaban J connectivity index is 1.38. The quantitative estimate of drug-likeness (QED) is 0.381. The van der Waals surface area contributed by atoms with Crippen molar-refractivity contribution < 1.29 is 23.4 Å². The van der Waals surface area contributed by atoms with Gasteiger partial charge in [-0.1, -0.05) is 12.6 Å². The average Bonchev–Trinajstić information content (AvgIpc) is 3.64. The van der Waals surface area contributed by atoms with Gasteiger partial charge in [0, 0.05) is 30.1 Å². The minimum atomic E-state index is -1.51. The summed E-state index contributed by atoms with van der Waals surface area (Å²) in [5, 5.41) is 17.7. The van der Waals surface area contributed by atoms with E-state index >= 15 is 0 Å². The first kappa shape index (κ1) is 29.6. The van der Waals surface area contributed by atoms with E-state index in [1.54, 1.807) is 11.1 Å². The maximum absolute atomic E-state index is 13.9. The van der Waals surface area contributed by atoms with Gasteiger partial charge in [-0.2, -0.15) is 20.3 Å². The number of nitriles is 1. The third-order valence-electron chi connectivity index (χ3n) is 8.77. The molecule has 0 aliphatic carbocycles. The van der Waals surface area contributed by atoms with Crippen LogP contribution < -0.4 is 24.8 Å². The van der Waals surface area contributed by atoms with E-state index in [9.17, 15) is 14.4 Å². The van der Waals surface area contributed by atoms with Gasteiger partial charge >= 0.3 is 6.01 Å². The molecule has 0 radical (unpaired) electrons. The summed E-state index contributed by atoms with van der Waals surface area (Å²) >= 11 is 0. The van der Waals surface area contributed by atoms with E-state index in [1.165, 1.54) is 0 Å². The normalized spacial score (nSPS) is 25.2. The second kappa shape index (κ2) is 11.5. The van der Waals surface area contributed by atoms with Crippen molar-refractivity contribution in [1.29, 1.82) is 5.26 Å². The summed E-state index contributed by atoms with van der Waals surface area (Å²) in [5.74, 6) is -1.24. The Hall–Kier alpha value is -4.48. The standard InChI is InChI=1S/C30H36FN9O4/c1-17-7-8-22-21(14-34-37-22)23(17)24-19(3)43-25-26(35-29(36-27(25)44-24)42-15-20-6-5-11-38(20)4)39-12-13-40(28(41)18(2)31)30(33,16-39)9-10-32/h7-8,14,19-20,24H,2,5-6,9,11-13,15-16,33H2,1,3-4H3,(H,34,37)/t19-,20-,24?,30+/m0/s1. The van der Waals surface area contributed by atoms with Crippen molar-refractivity contribution in [1.82, 2.24) is 30.0 Å². The highest BCUT2D eigenvalue weighted by Crippen LogP contribution is 2.46. The van der Waals surface area contributed by atoms with Gasteiger partial charge in [-0.05, 0) is 51.9 Å². The predicted octanol–water partition coefficient (Wildman–Crippen LogP) is 2.74. The van der Waals surface area contributed by atoms with Gasteiger partial charge in [0.05, 0.1) is 30.7 Å². The van der Waals surface area contributed by atoms with Crippen LogP contribution in [0.15, 0.2) is 30.7 Å². The third-order valence-corrected chi connectivity index (χ3v) is 8.77. The lowest BCUT2D eigenvalue weighted by atomic mass is 9.95. The van der Waals surface area contributed by atoms with E-state index in [0.717, 1.165) is 46.3 Å². The van der Waals surface area contributed by atoms with Crippen molar-refractivity contribution >= 4 is 22.6 Å². The fraction of sp³-hybridized carbons (Fsp3) is 0.500. The molecule has 4 atom stereocenters. The van der Waals surface area contributed by atoms with Crippen molar-refractivity contribution in [3.63, 3.8) is 0 Å². The first-order valence-corrected chi connectivity index (χ1v) is 14.7. The molecule has 3 aliphatic rings. The number of nitrogens with two attached hydrogens (primary N) is 1. The van der Waals surface area contributed by atoms with Gasteiger partial charge in [0.1, 0.15) is 18.4 Å². The van der Waals surface area contributed by atoms with Gasteiger partial charge in [0.2, 0.25) is 5.75 Å². The number of halogens is 1. The number of aromatic amines is 1. The van der Waals surface area contributed by atoms with Crippen molar-refractivity contribution in [2.24, 2.45) is 5.73 Å². The fourth-order valence-corrected chi connectivity index (χ4v) is 6.36. The highest BCUT2D eigenvalue weighted by atomic mass is 19.1. The van der Waals surface area contributed by atoms with Crippen LogP contribution in [0.25, 0.3) is 10.9 Å². The molecule has 0 saturated carbocycles. The molecule has 44 heavy (non-hydrogen) atoms. The van der Waals surface area contributed by atoms with Crippen LogP contribution in [0, 0.1) is 18.3 Å². The lowest BCUT2D eigenvalue weighted by Gasteiger charge is -2.48. The zero-order chi connectivity index (χ0) is 31.2. The Bertz CT molecular complexity index is 1640. The number of nitrogens with one attached hydrogen (secondary N) is 1. The predicted molar refractivity (Wildman–Crippen MR) is 159 cm³/mol. The minimum Gasteiger partial charge on any atom is -0.478 e. The lowest BCUT2D eigenvalue weighted by Crippen LogP contribution is -2.69. The number of hydrogen-bond acceptors (Lipinski definition) is 11. The number of aryl methyl sites for hydroxylation is 1. The lowest BCUT2D eigenvalue weighted by molar-refractivity contribution is -0.135. The Morgan fingerprint density at radius 3 is 2.86 bits per heavy atom. The summed E-state index contributed by atoms with van der Waals surface area (Å²) in [6, 6.07) is 6.33. The van der Waals surface area contributed by atoms with E-state index in [-0.39, 0.29) is 44.0 Å². The first-order valence-electron chi connectivity index (χ1n) is 14.7. The SMILES string of the molecule is C=C(F)C(=O)N1CCN(c2nc(OC[C@@H]3CCCN3C)nc3c2O[C@@H](C)C(c2c(C)ccc4[nH]ncc24)O3)C[C@@]1(N)CC#N. The summed E-state index contributed by atoms with van der Waals surface area (Å²) in [6.45, 7) is 8.66. The van der Waals surface area contributed by atoms with Crippen molar-refractivity contribution in [2.45, 2.75) is 57.0 Å². The molecule has 3 N–H and O–H groups in total. The van der Waals surface area contributed by atoms with Crippen LogP contribution >= 0.6 is 0 Å². The van der Waals surface area contributed by atoms with E-state index in [1.807, 2.05) is 32.0 Å². The summed E-state index contributed by atoms with van der Waals surface area (Å²) in [7, 11) is 2.06. The molecule has 2 saturated heterocycles. The Labute approximate surface area is 254 Å². The summed E-state index contributed by atoms with van der Waals surface area (Å²) in [4.78, 5) is 27.2. The van der Waals surface area contributed by atoms with Crippen molar-refractivity contribution in [2.75, 3.05) is 44.7 Å². The number of carbonyl (C=O) groups excluding carboxylic acids is 1. The number of H-pyrrole nitrogens is 1. The van der Waals surface area contributed by atoms with Crippen LogP contribution in [0.3, 0.4) is 0 Å². The number of carbonyl (C=O) groups is 1. The van der Waals surface area contributed by atoms with Crippen LogP contribution in [0.2, 0.25) is 0 Å². The van der Waals surface area contributed by atoms with Crippen LogP contribution in [-0.4, -0.2) is 93.5 Å². The number of hydrogen-bond donors (Lipinski definition) is 2. The largest absolute Gasteiger partial charge is 0.478 e. The number of benzene rings is 1. The average molecular weight is 606 g/mol. The van der Waals surface area contributed by atoms with Crippen LogP contribution in [0.1, 0.15) is 43.4 Å². The molecular formula is C30H36FN9O4. The van der Waals surface area contributed by atoms with Gasteiger partial charge in [0.15, 0.2) is 17.7 Å². The number of rotatable bonds is 7. The molecule has 2 aromatic heterocycles. The molecule has 6 rings (SSSR count). The molecule has 232 valence electrons. The monoisotopic (exact) mass is 605 g/mol. The Morgan fingerprint density at radius 1 is 1.32 bits per heavy atom. The molecule has 1 unspecified atom stereocenters. The summed E-state index contributed by atoms with van der Waals surface area (Å²) in [5.41, 5.74) is 7.91. The maximum atomic E-state index is 13.9. The Kier molecular flexibility index (Phi) is 7.77. The number of nitrogens with zero attached hydrogens (tertiary/aromatic N) is 7. The van der Waals surface area contributed by atoms with Gasteiger partial charge in [-0.25, -0.2) is 4.39 Å². The number of likely N-dealkylation sites (tertiary alicyclic amines) is 1. The van der Waals surface area contributed by atoms with Crippen LogP contribution in [0.4, 0.5) is 10.2 Å². The van der Waals surface area contributed by atoms with E-state index < -0.39 is 29.6 Å². The molecule has 0 bridgehead atoms. The van der Waals surface area contributed by atoms with Crippen LogP contribution in [0.5, 0.6) is 17.6 Å². The second-order valence-electron chi connectivity index (χ2n) is 11.8. The zero-order valence-corrected chi connectivity index (χ0v) is 25.0. The molecule has 0 spiro atoms. The number of amides is 1. The smallest absolute Gasteiger partial charge is 0.322 e. The van der Waals surface area contributed by atoms with Crippen molar-refractivity contribution in [3.8, 4) is 23.7 Å². The van der Waals surface area contributed by atoms with E-state index in [0.29, 0.717) is 18.2 Å². The van der Waals surface area contributed by atoms with Gasteiger partial charge in [-0.3, -0.25) is 9.89 Å². The molecule has 1 aromatic carbocycles. The summed E-state index contributed by atoms with van der Waals surface area (Å²) in [6.07, 6.45) is 2.64. The molecule has 3 aliphatic heterocycles. The van der Waals surface area contributed by atoms with Crippen LogP contribution in [-0.2, 0) is 4.79 Å². The molecule has 3 aromatic rings. The molecule has 2 fully saturated rings. The number of aromatic nitrogens is 4. The Morgan fingerprint density at radius 2 is 2.14 bits per heavy atom. The number of fused-ring (bicyclic) bond motifs is 2. The zero-order valence-electron chi connectivity index (χ0n) is 25.0. The van der Waals surface area contributed by atoms with Gasteiger partial charge in [-0.15, -0.1) is 0 Å². The fourth-order valence-electron chi connectivity index (χ4n) is 6.36. The second-order valence-corrected chi connectivity index (χ2v) is 11.8. The minimum absolute atomic E-state index is 0.0254. The topological polar surface area (TPSA) is 159 Å². The molecule has 5 heterocycles. The number of anilines is 1. The maximum Gasteiger partial charge on any atom is 0.322 e. The van der Waals surface area contributed by atoms with E-state index in [2.05, 4.69) is 33.7 Å². The van der Waals surface area contributed by atoms with E-state index in [4.69, 9.17) is 24.9 Å². The van der Waals surface area contributed by atoms with Gasteiger partial charge in [0.25, 0.3) is 11.8 Å². The summed E-state index contributed by atoms with van der Waals surface area (Å²) < 4.78 is 33.2. The number of likely N-dealkylation sites (N-methyl/N-ethyl adjacent to an activating group) is 1. The van der Waals surface area contributed by atoms with Crippen molar-refractivity contribution in [3.05, 3.63) is 41.9 Å². The molecule has 14 heteroatoms. The first-order chi connectivity index (χ1) is 21.1. The number of piperazine rings is 1. The highest BCUT2D eigenvalue weighted by Gasteiger charge is 2.45. The third kappa shape index (κ3) is 5.26. The molecule has 13 nitrogen and oxygen atoms in total. The van der Waals surface area contributed by atoms with Gasteiger partial charge < -0.3 is 34.6 Å².